The molecule has 1 heterocycles. The number of aliphatic carboxylic acids is 1. The zero-order valence-electron chi connectivity index (χ0n) is 10.3. The number of nitrogens with zero attached hydrogens (tertiary/aromatic N) is 1. The van der Waals surface area contributed by atoms with Gasteiger partial charge in [-0.25, -0.2) is 0 Å². The molecule has 0 unspecified atom stereocenters. The van der Waals surface area contributed by atoms with E-state index in [0.29, 0.717) is 24.9 Å². The molecule has 100 valence electrons. The third-order valence-corrected chi connectivity index (χ3v) is 2.77. The van der Waals surface area contributed by atoms with Crippen LogP contribution in [0.5, 0.6) is 0 Å². The van der Waals surface area contributed by atoms with Crippen LogP contribution in [-0.4, -0.2) is 27.2 Å². The molecule has 0 atom stereocenters. The average Bonchev–Trinajstić information content (AvgIpc) is 2.82. The molecule has 0 saturated carbocycles. The number of hydrogen-bond donors (Lipinski definition) is 3. The zero-order valence-corrected chi connectivity index (χ0v) is 10.3. The van der Waals surface area contributed by atoms with E-state index in [4.69, 9.17) is 5.11 Å². The summed E-state index contributed by atoms with van der Waals surface area (Å²) in [5.41, 5.74) is 1.57. The van der Waals surface area contributed by atoms with Gasteiger partial charge in [0.05, 0.1) is 11.7 Å². The lowest BCUT2D eigenvalue weighted by Crippen LogP contribution is -2.11. The van der Waals surface area contributed by atoms with Crippen LogP contribution in [0, 0.1) is 0 Å². The molecule has 1 aromatic heterocycles. The summed E-state index contributed by atoms with van der Waals surface area (Å²) in [4.78, 5) is 22.0. The minimum atomic E-state index is -0.829. The van der Waals surface area contributed by atoms with Crippen molar-refractivity contribution < 1.29 is 14.7 Å². The Bertz CT molecular complexity index is 592. The van der Waals surface area contributed by atoms with Gasteiger partial charge in [0.25, 0.3) is 0 Å². The van der Waals surface area contributed by atoms with Crippen molar-refractivity contribution in [1.29, 1.82) is 0 Å². The number of anilines is 1. The van der Waals surface area contributed by atoms with Crippen LogP contribution in [0.2, 0.25) is 0 Å². The van der Waals surface area contributed by atoms with E-state index in [-0.39, 0.29) is 12.3 Å². The zero-order chi connectivity index (χ0) is 13.7. The van der Waals surface area contributed by atoms with Gasteiger partial charge in [-0.1, -0.05) is 0 Å². The Balaban J connectivity index is 1.82. The fourth-order valence-electron chi connectivity index (χ4n) is 1.80. The first kappa shape index (κ1) is 13.1. The lowest BCUT2D eigenvalue weighted by Gasteiger charge is -2.04. The van der Waals surface area contributed by atoms with Crippen molar-refractivity contribution in [1.82, 2.24) is 10.2 Å². The second-order valence-corrected chi connectivity index (χ2v) is 4.32. The van der Waals surface area contributed by atoms with E-state index in [1.54, 1.807) is 6.20 Å². The van der Waals surface area contributed by atoms with Crippen molar-refractivity contribution in [3.8, 4) is 0 Å². The predicted molar refractivity (Wildman–Crippen MR) is 70.8 cm³/mol. The number of aromatic amines is 1. The number of rotatable bonds is 6. The molecule has 0 bridgehead atoms. The van der Waals surface area contributed by atoms with Crippen LogP contribution in [0.15, 0.2) is 24.4 Å². The molecule has 1 aromatic carbocycles. The topological polar surface area (TPSA) is 95.1 Å². The van der Waals surface area contributed by atoms with E-state index < -0.39 is 5.97 Å². The largest absolute Gasteiger partial charge is 0.481 e. The highest BCUT2D eigenvalue weighted by Gasteiger charge is 2.04. The predicted octanol–water partition coefficient (Wildman–Crippen LogP) is 2.15. The summed E-state index contributed by atoms with van der Waals surface area (Å²) in [5, 5.41) is 19.0. The number of nitrogens with one attached hydrogen (secondary N) is 2. The summed E-state index contributed by atoms with van der Waals surface area (Å²) in [7, 11) is 0. The van der Waals surface area contributed by atoms with Crippen LogP contribution >= 0.6 is 0 Å². The van der Waals surface area contributed by atoms with Gasteiger partial charge < -0.3 is 10.4 Å². The van der Waals surface area contributed by atoms with Crippen LogP contribution in [0.3, 0.4) is 0 Å². The van der Waals surface area contributed by atoms with Crippen LogP contribution in [0.4, 0.5) is 5.69 Å². The van der Waals surface area contributed by atoms with Gasteiger partial charge in [0.1, 0.15) is 0 Å². The summed E-state index contributed by atoms with van der Waals surface area (Å²) in [6.45, 7) is 0. The van der Waals surface area contributed by atoms with E-state index in [2.05, 4.69) is 15.5 Å². The van der Waals surface area contributed by atoms with Gasteiger partial charge in [0, 0.05) is 23.9 Å². The monoisotopic (exact) mass is 261 g/mol. The maximum atomic E-state index is 11.6. The second kappa shape index (κ2) is 5.99. The minimum absolute atomic E-state index is 0.105. The van der Waals surface area contributed by atoms with Crippen LogP contribution in [0.25, 0.3) is 10.9 Å². The van der Waals surface area contributed by atoms with Gasteiger partial charge >= 0.3 is 5.97 Å². The standard InChI is InChI=1S/C13H15N3O3/c17-12(3-1-2-4-13(18)19)15-10-6-5-9-8-14-16-11(9)7-10/h5-8H,1-4H2,(H,14,16)(H,15,17)(H,18,19). The molecule has 0 radical (unpaired) electrons. The van der Waals surface area contributed by atoms with Gasteiger partial charge in [-0.2, -0.15) is 5.10 Å². The first-order valence-corrected chi connectivity index (χ1v) is 6.10. The molecule has 19 heavy (non-hydrogen) atoms. The van der Waals surface area contributed by atoms with Gasteiger partial charge in [-0.3, -0.25) is 14.7 Å². The molecular weight excluding hydrogens is 246 g/mol. The lowest BCUT2D eigenvalue weighted by molar-refractivity contribution is -0.137. The molecule has 0 saturated heterocycles. The van der Waals surface area contributed by atoms with E-state index in [0.717, 1.165) is 10.9 Å². The number of hydrogen-bond acceptors (Lipinski definition) is 3. The van der Waals surface area contributed by atoms with Gasteiger partial charge in [0.2, 0.25) is 5.91 Å². The molecular formula is C13H15N3O3. The summed E-state index contributed by atoms with van der Waals surface area (Å²) >= 11 is 0. The van der Waals surface area contributed by atoms with E-state index in [9.17, 15) is 9.59 Å². The van der Waals surface area contributed by atoms with Gasteiger partial charge in [-0.15, -0.1) is 0 Å². The molecule has 0 spiro atoms. The number of carboxylic acids is 1. The number of fused-ring (bicyclic) bond motifs is 1. The number of carbonyl (C=O) groups is 2. The van der Waals surface area contributed by atoms with Crippen molar-refractivity contribution in [3.63, 3.8) is 0 Å². The number of benzene rings is 1. The van der Waals surface area contributed by atoms with Gasteiger partial charge in [0.15, 0.2) is 0 Å². The second-order valence-electron chi connectivity index (χ2n) is 4.32. The number of carbonyl (C=O) groups excluding carboxylic acids is 1. The molecule has 0 aliphatic carbocycles. The molecule has 2 aromatic rings. The van der Waals surface area contributed by atoms with Crippen molar-refractivity contribution in [2.24, 2.45) is 0 Å². The molecule has 6 heteroatoms. The summed E-state index contributed by atoms with van der Waals surface area (Å²) in [6, 6.07) is 5.50. The Morgan fingerprint density at radius 2 is 2.05 bits per heavy atom. The van der Waals surface area contributed by atoms with Gasteiger partial charge in [-0.05, 0) is 31.0 Å². The van der Waals surface area contributed by atoms with Crippen molar-refractivity contribution >= 4 is 28.5 Å². The lowest BCUT2D eigenvalue weighted by atomic mass is 10.2. The first-order chi connectivity index (χ1) is 9.15. The fraction of sp³-hybridized carbons (Fsp3) is 0.308. The highest BCUT2D eigenvalue weighted by atomic mass is 16.4. The van der Waals surface area contributed by atoms with E-state index >= 15 is 0 Å². The summed E-state index contributed by atoms with van der Waals surface area (Å²) in [6.07, 6.45) is 3.24. The molecule has 3 N–H and O–H groups in total. The quantitative estimate of drug-likeness (QED) is 0.694. The molecule has 1 amide bonds. The van der Waals surface area contributed by atoms with E-state index in [1.165, 1.54) is 0 Å². The molecule has 2 rings (SSSR count). The molecule has 0 fully saturated rings. The third kappa shape index (κ3) is 3.80. The Hall–Kier alpha value is -2.37. The highest BCUT2D eigenvalue weighted by molar-refractivity contribution is 5.93. The minimum Gasteiger partial charge on any atom is -0.481 e. The van der Waals surface area contributed by atoms with Crippen molar-refractivity contribution in [3.05, 3.63) is 24.4 Å². The number of carboxylic acid groups (broad SMARTS) is 1. The van der Waals surface area contributed by atoms with Crippen LogP contribution < -0.4 is 5.32 Å². The summed E-state index contributed by atoms with van der Waals surface area (Å²) < 4.78 is 0. The maximum absolute atomic E-state index is 11.6. The smallest absolute Gasteiger partial charge is 0.303 e. The Morgan fingerprint density at radius 1 is 1.26 bits per heavy atom. The Labute approximate surface area is 109 Å². The Kier molecular flexibility index (Phi) is 4.12. The van der Waals surface area contributed by atoms with Crippen molar-refractivity contribution in [2.45, 2.75) is 25.7 Å². The maximum Gasteiger partial charge on any atom is 0.303 e. The number of aromatic nitrogens is 2. The molecule has 0 aliphatic rings. The molecule has 6 nitrogen and oxygen atoms in total. The fourth-order valence-corrected chi connectivity index (χ4v) is 1.80. The first-order valence-electron chi connectivity index (χ1n) is 6.10. The van der Waals surface area contributed by atoms with Crippen molar-refractivity contribution in [2.75, 3.05) is 5.32 Å². The number of amides is 1. The number of unbranched alkanes of at least 4 members (excludes halogenated alkanes) is 1. The average molecular weight is 261 g/mol. The highest BCUT2D eigenvalue weighted by Crippen LogP contribution is 2.16. The van der Waals surface area contributed by atoms with Crippen LogP contribution in [0.1, 0.15) is 25.7 Å². The Morgan fingerprint density at radius 3 is 2.84 bits per heavy atom. The number of H-pyrrole nitrogens is 1. The van der Waals surface area contributed by atoms with Crippen LogP contribution in [-0.2, 0) is 9.59 Å². The summed E-state index contributed by atoms with van der Waals surface area (Å²) in [5.74, 6) is -0.936. The molecule has 0 aliphatic heterocycles. The SMILES string of the molecule is O=C(O)CCCCC(=O)Nc1ccc2cn[nH]c2c1. The third-order valence-electron chi connectivity index (χ3n) is 2.77. The van der Waals surface area contributed by atoms with E-state index in [1.807, 2.05) is 18.2 Å². The normalized spacial score (nSPS) is 10.5.